The van der Waals surface area contributed by atoms with Gasteiger partial charge in [-0.2, -0.15) is 0 Å². The summed E-state index contributed by atoms with van der Waals surface area (Å²) in [6, 6.07) is 0. The maximum atomic E-state index is 9.29. The minimum atomic E-state index is -0.101. The second-order valence-electron chi connectivity index (χ2n) is 3.11. The van der Waals surface area contributed by atoms with Gasteiger partial charge in [0.25, 0.3) is 0 Å². The van der Waals surface area contributed by atoms with E-state index in [0.29, 0.717) is 5.92 Å². The van der Waals surface area contributed by atoms with Crippen molar-refractivity contribution >= 4 is 0 Å². The molecule has 0 aromatic heterocycles. The van der Waals surface area contributed by atoms with Gasteiger partial charge in [-0.15, -0.1) is 6.42 Å². The van der Waals surface area contributed by atoms with E-state index >= 15 is 0 Å². The number of aliphatic hydroxyl groups is 1. The molecule has 1 fully saturated rings. The SMILES string of the molecule is C#C/C=C/C1CCCC(O)C1. The molecule has 11 heavy (non-hydrogen) atoms. The van der Waals surface area contributed by atoms with Gasteiger partial charge in [0.1, 0.15) is 0 Å². The summed E-state index contributed by atoms with van der Waals surface area (Å²) in [5, 5.41) is 9.29. The zero-order chi connectivity index (χ0) is 8.10. The van der Waals surface area contributed by atoms with Gasteiger partial charge in [-0.05, 0) is 31.3 Å². The van der Waals surface area contributed by atoms with Gasteiger partial charge in [0.05, 0.1) is 6.10 Å². The van der Waals surface area contributed by atoms with Gasteiger partial charge in [0.15, 0.2) is 0 Å². The van der Waals surface area contributed by atoms with Crippen LogP contribution in [0.1, 0.15) is 25.7 Å². The second kappa shape index (κ2) is 4.20. The fourth-order valence-corrected chi connectivity index (χ4v) is 1.57. The molecule has 1 N–H and O–H groups in total. The minimum Gasteiger partial charge on any atom is -0.393 e. The standard InChI is InChI=1S/C10H14O/c1-2-3-5-9-6-4-7-10(11)8-9/h1,3,5,9-11H,4,6-8H2/b5-3+. The predicted octanol–water partition coefficient (Wildman–Crippen LogP) is 1.73. The van der Waals surface area contributed by atoms with Crippen molar-refractivity contribution in [2.24, 2.45) is 5.92 Å². The summed E-state index contributed by atoms with van der Waals surface area (Å²) in [5.74, 6) is 2.98. The smallest absolute Gasteiger partial charge is 0.0545 e. The molecular weight excluding hydrogens is 136 g/mol. The molecule has 2 unspecified atom stereocenters. The van der Waals surface area contributed by atoms with Gasteiger partial charge in [0, 0.05) is 0 Å². The largest absolute Gasteiger partial charge is 0.393 e. The first-order valence-corrected chi connectivity index (χ1v) is 4.14. The molecule has 0 bridgehead atoms. The van der Waals surface area contributed by atoms with E-state index in [9.17, 15) is 5.11 Å². The summed E-state index contributed by atoms with van der Waals surface area (Å²) >= 11 is 0. The lowest BCUT2D eigenvalue weighted by Gasteiger charge is -2.22. The number of aliphatic hydroxyl groups excluding tert-OH is 1. The summed E-state index contributed by atoms with van der Waals surface area (Å²) in [5.41, 5.74) is 0. The Bertz CT molecular complexity index is 176. The molecule has 0 aromatic rings. The molecule has 60 valence electrons. The first kappa shape index (κ1) is 8.36. The summed E-state index contributed by atoms with van der Waals surface area (Å²) < 4.78 is 0. The van der Waals surface area contributed by atoms with Crippen LogP contribution >= 0.6 is 0 Å². The molecule has 1 heteroatoms. The van der Waals surface area contributed by atoms with E-state index in [-0.39, 0.29) is 6.10 Å². The Balaban J connectivity index is 2.35. The van der Waals surface area contributed by atoms with Crippen molar-refractivity contribution in [3.05, 3.63) is 12.2 Å². The van der Waals surface area contributed by atoms with Crippen molar-refractivity contribution in [2.75, 3.05) is 0 Å². The lowest BCUT2D eigenvalue weighted by Crippen LogP contribution is -2.17. The molecule has 0 aliphatic heterocycles. The van der Waals surface area contributed by atoms with Crippen LogP contribution in [0.3, 0.4) is 0 Å². The Kier molecular flexibility index (Phi) is 3.19. The highest BCUT2D eigenvalue weighted by Gasteiger charge is 2.17. The Morgan fingerprint density at radius 2 is 2.27 bits per heavy atom. The fraction of sp³-hybridized carbons (Fsp3) is 0.600. The maximum absolute atomic E-state index is 9.29. The molecule has 1 rings (SSSR count). The molecule has 0 heterocycles. The van der Waals surface area contributed by atoms with E-state index in [1.54, 1.807) is 6.08 Å². The van der Waals surface area contributed by atoms with Crippen molar-refractivity contribution < 1.29 is 5.11 Å². The quantitative estimate of drug-likeness (QED) is 0.564. The van der Waals surface area contributed by atoms with Crippen LogP contribution in [0.5, 0.6) is 0 Å². The van der Waals surface area contributed by atoms with Gasteiger partial charge in [-0.3, -0.25) is 0 Å². The van der Waals surface area contributed by atoms with Gasteiger partial charge in [-0.1, -0.05) is 18.4 Å². The average molecular weight is 150 g/mol. The number of hydrogen-bond acceptors (Lipinski definition) is 1. The van der Waals surface area contributed by atoms with Crippen molar-refractivity contribution in [1.82, 2.24) is 0 Å². The molecule has 0 radical (unpaired) electrons. The first-order valence-electron chi connectivity index (χ1n) is 4.14. The summed E-state index contributed by atoms with van der Waals surface area (Å²) in [6.45, 7) is 0. The third kappa shape index (κ3) is 2.78. The van der Waals surface area contributed by atoms with Crippen LogP contribution in [-0.4, -0.2) is 11.2 Å². The zero-order valence-corrected chi connectivity index (χ0v) is 6.66. The molecule has 1 saturated carbocycles. The van der Waals surface area contributed by atoms with Crippen molar-refractivity contribution in [3.8, 4) is 12.3 Å². The van der Waals surface area contributed by atoms with Crippen molar-refractivity contribution in [2.45, 2.75) is 31.8 Å². The number of rotatable bonds is 1. The lowest BCUT2D eigenvalue weighted by molar-refractivity contribution is 0.113. The summed E-state index contributed by atoms with van der Waals surface area (Å²) in [7, 11) is 0. The van der Waals surface area contributed by atoms with Gasteiger partial charge in [-0.25, -0.2) is 0 Å². The molecule has 0 amide bonds. The van der Waals surface area contributed by atoms with E-state index < -0.39 is 0 Å². The minimum absolute atomic E-state index is 0.101. The third-order valence-electron chi connectivity index (χ3n) is 2.15. The van der Waals surface area contributed by atoms with Gasteiger partial charge in [0.2, 0.25) is 0 Å². The zero-order valence-electron chi connectivity index (χ0n) is 6.66. The number of hydrogen-bond donors (Lipinski definition) is 1. The number of terminal acetylenes is 1. The van der Waals surface area contributed by atoms with Crippen LogP contribution < -0.4 is 0 Å². The molecule has 1 nitrogen and oxygen atoms in total. The maximum Gasteiger partial charge on any atom is 0.0545 e. The van der Waals surface area contributed by atoms with E-state index in [2.05, 4.69) is 5.92 Å². The van der Waals surface area contributed by atoms with Crippen molar-refractivity contribution in [1.29, 1.82) is 0 Å². The Labute approximate surface area is 68.1 Å². The molecule has 2 atom stereocenters. The average Bonchev–Trinajstić information content (AvgIpc) is 2.01. The monoisotopic (exact) mass is 150 g/mol. The van der Waals surface area contributed by atoms with Crippen molar-refractivity contribution in [3.63, 3.8) is 0 Å². The number of allylic oxidation sites excluding steroid dienone is 2. The highest BCUT2D eigenvalue weighted by molar-refractivity contribution is 5.10. The van der Waals surface area contributed by atoms with E-state index in [4.69, 9.17) is 6.42 Å². The molecule has 1 aliphatic rings. The van der Waals surface area contributed by atoms with Gasteiger partial charge < -0.3 is 5.11 Å². The molecule has 1 aliphatic carbocycles. The molecule has 0 aromatic carbocycles. The summed E-state index contributed by atoms with van der Waals surface area (Å²) in [4.78, 5) is 0. The predicted molar refractivity (Wildman–Crippen MR) is 45.9 cm³/mol. The fourth-order valence-electron chi connectivity index (χ4n) is 1.57. The topological polar surface area (TPSA) is 20.2 Å². The van der Waals surface area contributed by atoms with Crippen LogP contribution in [0, 0.1) is 18.3 Å². The highest BCUT2D eigenvalue weighted by Crippen LogP contribution is 2.24. The third-order valence-corrected chi connectivity index (χ3v) is 2.15. The highest BCUT2D eigenvalue weighted by atomic mass is 16.3. The van der Waals surface area contributed by atoms with Gasteiger partial charge >= 0.3 is 0 Å². The Hall–Kier alpha value is -0.740. The van der Waals surface area contributed by atoms with Crippen LogP contribution in [0.25, 0.3) is 0 Å². The van der Waals surface area contributed by atoms with E-state index in [1.807, 2.05) is 6.08 Å². The normalized spacial score (nSPS) is 32.0. The Morgan fingerprint density at radius 3 is 2.91 bits per heavy atom. The van der Waals surface area contributed by atoms with Crippen LogP contribution in [0.4, 0.5) is 0 Å². The Morgan fingerprint density at radius 1 is 1.45 bits per heavy atom. The summed E-state index contributed by atoms with van der Waals surface area (Å²) in [6.07, 6.45) is 12.9. The van der Waals surface area contributed by atoms with Crippen LogP contribution in [-0.2, 0) is 0 Å². The van der Waals surface area contributed by atoms with E-state index in [1.165, 1.54) is 6.42 Å². The molecule has 0 saturated heterocycles. The molecular formula is C10H14O. The first-order chi connectivity index (χ1) is 5.33. The van der Waals surface area contributed by atoms with Crippen LogP contribution in [0.15, 0.2) is 12.2 Å². The second-order valence-corrected chi connectivity index (χ2v) is 3.11. The molecule has 0 spiro atoms. The van der Waals surface area contributed by atoms with E-state index in [0.717, 1.165) is 19.3 Å². The van der Waals surface area contributed by atoms with Crippen LogP contribution in [0.2, 0.25) is 0 Å². The lowest BCUT2D eigenvalue weighted by atomic mass is 9.87.